The zero-order valence-corrected chi connectivity index (χ0v) is 11.1. The molecule has 2 atom stereocenters. The van der Waals surface area contributed by atoms with E-state index in [0.717, 1.165) is 30.0 Å². The van der Waals surface area contributed by atoms with Crippen molar-refractivity contribution < 1.29 is 4.42 Å². The number of aryl methyl sites for hydroxylation is 2. The van der Waals surface area contributed by atoms with Gasteiger partial charge in [-0.15, -0.1) is 0 Å². The largest absolute Gasteiger partial charge is 0.440 e. The molecule has 2 unspecified atom stereocenters. The molecule has 1 fully saturated rings. The van der Waals surface area contributed by atoms with E-state index >= 15 is 0 Å². The normalized spacial score (nSPS) is 23.9. The van der Waals surface area contributed by atoms with Crippen LogP contribution in [0.15, 0.2) is 16.5 Å². The minimum Gasteiger partial charge on any atom is -0.440 e. The van der Waals surface area contributed by atoms with Gasteiger partial charge in [0.2, 0.25) is 0 Å². The van der Waals surface area contributed by atoms with Crippen LogP contribution >= 0.6 is 0 Å². The molecule has 2 aromatic rings. The predicted molar refractivity (Wildman–Crippen MR) is 72.6 cm³/mol. The molecule has 1 aliphatic carbocycles. The van der Waals surface area contributed by atoms with Crippen molar-refractivity contribution in [1.82, 2.24) is 4.98 Å². The van der Waals surface area contributed by atoms with Crippen molar-refractivity contribution in [3.8, 4) is 0 Å². The van der Waals surface area contributed by atoms with Gasteiger partial charge in [0.15, 0.2) is 11.5 Å². The number of hydrogen-bond donors (Lipinski definition) is 1. The first-order valence-corrected chi connectivity index (χ1v) is 6.77. The molecular weight excluding hydrogens is 224 g/mol. The van der Waals surface area contributed by atoms with Gasteiger partial charge in [0.05, 0.1) is 0 Å². The molecule has 1 aromatic carbocycles. The second-order valence-electron chi connectivity index (χ2n) is 5.52. The monoisotopic (exact) mass is 244 g/mol. The molecule has 0 radical (unpaired) electrons. The van der Waals surface area contributed by atoms with Crippen molar-refractivity contribution in [2.45, 2.75) is 39.0 Å². The minimum absolute atomic E-state index is 0.419. The van der Waals surface area contributed by atoms with E-state index in [-0.39, 0.29) is 0 Å². The molecule has 0 saturated heterocycles. The number of aromatic nitrogens is 1. The fourth-order valence-corrected chi connectivity index (χ4v) is 3.20. The van der Waals surface area contributed by atoms with Gasteiger partial charge in [-0.2, -0.15) is 0 Å². The molecule has 18 heavy (non-hydrogen) atoms. The first kappa shape index (κ1) is 11.7. The predicted octanol–water partition coefficient (Wildman–Crippen LogP) is 3.29. The van der Waals surface area contributed by atoms with E-state index in [1.165, 1.54) is 24.0 Å². The third kappa shape index (κ3) is 1.83. The molecular formula is C15H20N2O. The number of hydrogen-bond acceptors (Lipinski definition) is 3. The number of nitrogens with two attached hydrogens (primary N) is 1. The molecule has 1 aliphatic rings. The van der Waals surface area contributed by atoms with Crippen LogP contribution < -0.4 is 5.73 Å². The van der Waals surface area contributed by atoms with Crippen molar-refractivity contribution in [3.05, 3.63) is 29.2 Å². The summed E-state index contributed by atoms with van der Waals surface area (Å²) >= 11 is 0. The summed E-state index contributed by atoms with van der Waals surface area (Å²) < 4.78 is 6.00. The maximum atomic E-state index is 6.00. The van der Waals surface area contributed by atoms with E-state index in [1.807, 2.05) is 0 Å². The van der Waals surface area contributed by atoms with Gasteiger partial charge < -0.3 is 10.2 Å². The van der Waals surface area contributed by atoms with E-state index in [0.29, 0.717) is 11.8 Å². The number of fused-ring (bicyclic) bond motifs is 1. The Morgan fingerprint density at radius 1 is 1.33 bits per heavy atom. The summed E-state index contributed by atoms with van der Waals surface area (Å²) in [5.74, 6) is 1.85. The lowest BCUT2D eigenvalue weighted by molar-refractivity contribution is 0.401. The van der Waals surface area contributed by atoms with Crippen LogP contribution in [0.25, 0.3) is 11.1 Å². The highest BCUT2D eigenvalue weighted by molar-refractivity contribution is 5.77. The van der Waals surface area contributed by atoms with Crippen LogP contribution in [0.4, 0.5) is 0 Å². The number of oxazole rings is 1. The molecule has 3 nitrogen and oxygen atoms in total. The van der Waals surface area contributed by atoms with Crippen molar-refractivity contribution in [3.63, 3.8) is 0 Å². The molecule has 1 saturated carbocycles. The maximum absolute atomic E-state index is 6.00. The first-order valence-electron chi connectivity index (χ1n) is 6.77. The fraction of sp³-hybridized carbons (Fsp3) is 0.533. The summed E-state index contributed by atoms with van der Waals surface area (Å²) in [4.78, 5) is 4.69. The quantitative estimate of drug-likeness (QED) is 0.882. The number of benzene rings is 1. The summed E-state index contributed by atoms with van der Waals surface area (Å²) in [5.41, 5.74) is 10.2. The Balaban J connectivity index is 2.05. The van der Waals surface area contributed by atoms with Crippen LogP contribution in [0.5, 0.6) is 0 Å². The summed E-state index contributed by atoms with van der Waals surface area (Å²) in [6.07, 6.45) is 3.61. The third-order valence-corrected chi connectivity index (χ3v) is 4.12. The van der Waals surface area contributed by atoms with E-state index in [1.54, 1.807) is 0 Å². The Kier molecular flexibility index (Phi) is 2.86. The van der Waals surface area contributed by atoms with Crippen molar-refractivity contribution in [1.29, 1.82) is 0 Å². The zero-order chi connectivity index (χ0) is 12.7. The van der Waals surface area contributed by atoms with Gasteiger partial charge in [0.25, 0.3) is 0 Å². The molecule has 96 valence electrons. The highest BCUT2D eigenvalue weighted by Gasteiger charge is 2.31. The minimum atomic E-state index is 0.419. The van der Waals surface area contributed by atoms with Gasteiger partial charge in [-0.25, -0.2) is 4.98 Å². The first-order chi connectivity index (χ1) is 8.69. The van der Waals surface area contributed by atoms with Crippen molar-refractivity contribution in [2.75, 3.05) is 6.54 Å². The lowest BCUT2D eigenvalue weighted by Crippen LogP contribution is -2.17. The van der Waals surface area contributed by atoms with Gasteiger partial charge in [0.1, 0.15) is 5.52 Å². The van der Waals surface area contributed by atoms with Gasteiger partial charge in [-0.05, 0) is 56.3 Å². The lowest BCUT2D eigenvalue weighted by atomic mass is 9.96. The molecule has 1 aromatic heterocycles. The molecule has 3 rings (SSSR count). The van der Waals surface area contributed by atoms with Crippen LogP contribution in [0, 0.1) is 19.8 Å². The Labute approximate surface area is 107 Å². The van der Waals surface area contributed by atoms with Gasteiger partial charge in [-0.3, -0.25) is 0 Å². The highest BCUT2D eigenvalue weighted by atomic mass is 16.3. The van der Waals surface area contributed by atoms with Crippen molar-refractivity contribution in [2.24, 2.45) is 11.7 Å². The highest BCUT2D eigenvalue weighted by Crippen LogP contribution is 2.39. The molecule has 0 aliphatic heterocycles. The van der Waals surface area contributed by atoms with Crippen LogP contribution in [0.3, 0.4) is 0 Å². The van der Waals surface area contributed by atoms with Crippen LogP contribution in [-0.4, -0.2) is 11.5 Å². The Hall–Kier alpha value is -1.35. The van der Waals surface area contributed by atoms with Crippen LogP contribution in [0.2, 0.25) is 0 Å². The van der Waals surface area contributed by atoms with Gasteiger partial charge in [0, 0.05) is 5.92 Å². The van der Waals surface area contributed by atoms with Crippen LogP contribution in [-0.2, 0) is 0 Å². The van der Waals surface area contributed by atoms with Gasteiger partial charge >= 0.3 is 0 Å². The zero-order valence-electron chi connectivity index (χ0n) is 11.1. The maximum Gasteiger partial charge on any atom is 0.198 e. The Bertz CT molecular complexity index is 573. The average Bonchev–Trinajstić information content (AvgIpc) is 2.92. The fourth-order valence-electron chi connectivity index (χ4n) is 3.20. The molecule has 0 amide bonds. The van der Waals surface area contributed by atoms with E-state index in [2.05, 4.69) is 26.0 Å². The topological polar surface area (TPSA) is 52.0 Å². The average molecular weight is 244 g/mol. The number of rotatable bonds is 2. The summed E-state index contributed by atoms with van der Waals surface area (Å²) in [7, 11) is 0. The van der Waals surface area contributed by atoms with Crippen molar-refractivity contribution >= 4 is 11.1 Å². The summed E-state index contributed by atoms with van der Waals surface area (Å²) in [5, 5.41) is 0. The standard InChI is InChI=1S/C15H20N2O/c1-9-6-10(2)14-13(7-9)17-15(18-14)12-5-3-4-11(12)8-16/h6-7,11-12H,3-5,8,16H2,1-2H3. The molecule has 0 spiro atoms. The SMILES string of the molecule is Cc1cc(C)c2oc(C3CCCC3CN)nc2c1. The third-order valence-electron chi connectivity index (χ3n) is 4.12. The Morgan fingerprint density at radius 2 is 2.17 bits per heavy atom. The van der Waals surface area contributed by atoms with Gasteiger partial charge in [-0.1, -0.05) is 12.5 Å². The smallest absolute Gasteiger partial charge is 0.198 e. The molecule has 3 heteroatoms. The van der Waals surface area contributed by atoms with E-state index in [9.17, 15) is 0 Å². The summed E-state index contributed by atoms with van der Waals surface area (Å²) in [6.45, 7) is 4.92. The van der Waals surface area contributed by atoms with E-state index < -0.39 is 0 Å². The van der Waals surface area contributed by atoms with E-state index in [4.69, 9.17) is 15.1 Å². The molecule has 0 bridgehead atoms. The number of nitrogens with zero attached hydrogens (tertiary/aromatic N) is 1. The second-order valence-corrected chi connectivity index (χ2v) is 5.52. The molecule has 1 heterocycles. The molecule has 2 N–H and O–H groups in total. The lowest BCUT2D eigenvalue weighted by Gasteiger charge is -2.13. The Morgan fingerprint density at radius 3 is 2.94 bits per heavy atom. The second kappa shape index (κ2) is 4.39. The summed E-state index contributed by atoms with van der Waals surface area (Å²) in [6, 6.07) is 4.24. The van der Waals surface area contributed by atoms with Crippen LogP contribution in [0.1, 0.15) is 42.2 Å².